The number of benzene rings is 1. The molecule has 1 atom stereocenters. The molecule has 110 valence electrons. The zero-order chi connectivity index (χ0) is 14.5. The predicted octanol–water partition coefficient (Wildman–Crippen LogP) is 2.91. The summed E-state index contributed by atoms with van der Waals surface area (Å²) in [5, 5.41) is 3.01. The second-order valence-corrected chi connectivity index (χ2v) is 6.22. The van der Waals surface area contributed by atoms with Gasteiger partial charge in [0.2, 0.25) is 0 Å². The highest BCUT2D eigenvalue weighted by atomic mass is 79.9. The highest BCUT2D eigenvalue weighted by Crippen LogP contribution is 2.27. The van der Waals surface area contributed by atoms with E-state index in [1.807, 2.05) is 25.1 Å². The number of hydrogen-bond acceptors (Lipinski definition) is 3. The van der Waals surface area contributed by atoms with Crippen molar-refractivity contribution in [1.82, 2.24) is 5.32 Å². The molecule has 1 amide bonds. The van der Waals surface area contributed by atoms with Crippen molar-refractivity contribution in [2.75, 3.05) is 6.61 Å². The van der Waals surface area contributed by atoms with Crippen molar-refractivity contribution in [3.8, 4) is 5.75 Å². The molecule has 5 heteroatoms. The molecule has 1 aliphatic rings. The maximum absolute atomic E-state index is 11.9. The average molecular weight is 341 g/mol. The van der Waals surface area contributed by atoms with Gasteiger partial charge in [0.15, 0.2) is 6.61 Å². The molecule has 0 radical (unpaired) electrons. The molecule has 0 bridgehead atoms. The smallest absolute Gasteiger partial charge is 0.258 e. The van der Waals surface area contributed by atoms with Crippen LogP contribution in [0.2, 0.25) is 0 Å². The van der Waals surface area contributed by atoms with Crippen molar-refractivity contribution in [1.29, 1.82) is 0 Å². The zero-order valence-corrected chi connectivity index (χ0v) is 13.3. The van der Waals surface area contributed by atoms with Crippen LogP contribution in [0, 0.1) is 0 Å². The Labute approximate surface area is 128 Å². The van der Waals surface area contributed by atoms with Gasteiger partial charge in [0.05, 0.1) is 0 Å². The molecule has 0 aliphatic heterocycles. The summed E-state index contributed by atoms with van der Waals surface area (Å²) in [4.78, 5) is 11.9. The Balaban J connectivity index is 1.92. The van der Waals surface area contributed by atoms with Crippen LogP contribution in [-0.4, -0.2) is 18.6 Å². The number of carbonyl (C=O) groups is 1. The molecular weight excluding hydrogens is 320 g/mol. The van der Waals surface area contributed by atoms with E-state index < -0.39 is 0 Å². The summed E-state index contributed by atoms with van der Waals surface area (Å²) in [6.45, 7) is 1.93. The summed E-state index contributed by atoms with van der Waals surface area (Å²) < 4.78 is 6.54. The number of halogens is 1. The van der Waals surface area contributed by atoms with Crippen LogP contribution < -0.4 is 15.8 Å². The van der Waals surface area contributed by atoms with Gasteiger partial charge in [0.25, 0.3) is 5.91 Å². The SMILES string of the molecule is CC(N)c1ccc(Br)cc1OCC(=O)NC1CCCC1. The van der Waals surface area contributed by atoms with Crippen LogP contribution >= 0.6 is 15.9 Å². The molecule has 2 rings (SSSR count). The van der Waals surface area contributed by atoms with Crippen molar-refractivity contribution < 1.29 is 9.53 Å². The summed E-state index contributed by atoms with van der Waals surface area (Å²) in [5.41, 5.74) is 6.81. The maximum Gasteiger partial charge on any atom is 0.258 e. The highest BCUT2D eigenvalue weighted by Gasteiger charge is 2.17. The molecule has 0 saturated heterocycles. The third kappa shape index (κ3) is 4.21. The molecule has 1 aliphatic carbocycles. The summed E-state index contributed by atoms with van der Waals surface area (Å²) in [6, 6.07) is 5.88. The van der Waals surface area contributed by atoms with Crippen molar-refractivity contribution in [3.63, 3.8) is 0 Å². The minimum absolute atomic E-state index is 0.0344. The number of nitrogens with two attached hydrogens (primary N) is 1. The number of rotatable bonds is 5. The Hall–Kier alpha value is -1.07. The molecule has 20 heavy (non-hydrogen) atoms. The molecule has 0 aromatic heterocycles. The number of amides is 1. The zero-order valence-electron chi connectivity index (χ0n) is 11.7. The number of nitrogens with one attached hydrogen (secondary N) is 1. The standard InChI is InChI=1S/C15H21BrN2O2/c1-10(17)13-7-6-11(16)8-14(13)20-9-15(19)18-12-4-2-3-5-12/h6-8,10,12H,2-5,9,17H2,1H3,(H,18,19). The minimum atomic E-state index is -0.129. The Bertz CT molecular complexity index is 471. The van der Waals surface area contributed by atoms with Crippen LogP contribution in [0.4, 0.5) is 0 Å². The van der Waals surface area contributed by atoms with Gasteiger partial charge in [-0.25, -0.2) is 0 Å². The van der Waals surface area contributed by atoms with Gasteiger partial charge in [-0.15, -0.1) is 0 Å². The van der Waals surface area contributed by atoms with Gasteiger partial charge in [-0.1, -0.05) is 34.8 Å². The van der Waals surface area contributed by atoms with Crippen LogP contribution in [0.3, 0.4) is 0 Å². The first-order chi connectivity index (χ1) is 9.56. The van der Waals surface area contributed by atoms with Gasteiger partial charge in [-0.05, 0) is 31.9 Å². The monoisotopic (exact) mass is 340 g/mol. The van der Waals surface area contributed by atoms with Gasteiger partial charge in [-0.3, -0.25) is 4.79 Å². The van der Waals surface area contributed by atoms with E-state index >= 15 is 0 Å². The molecule has 3 N–H and O–H groups in total. The van der Waals surface area contributed by atoms with Crippen molar-refractivity contribution in [2.24, 2.45) is 5.73 Å². The summed E-state index contributed by atoms with van der Waals surface area (Å²) in [5.74, 6) is 0.600. The molecule has 0 heterocycles. The lowest BCUT2D eigenvalue weighted by Gasteiger charge is -2.16. The van der Waals surface area contributed by atoms with E-state index in [1.54, 1.807) is 0 Å². The number of hydrogen-bond donors (Lipinski definition) is 2. The molecule has 1 aromatic carbocycles. The van der Waals surface area contributed by atoms with E-state index in [4.69, 9.17) is 10.5 Å². The topological polar surface area (TPSA) is 64.3 Å². The molecule has 1 fully saturated rings. The van der Waals surface area contributed by atoms with Crippen LogP contribution in [0.5, 0.6) is 5.75 Å². The molecule has 1 aromatic rings. The lowest BCUT2D eigenvalue weighted by Crippen LogP contribution is -2.36. The van der Waals surface area contributed by atoms with Crippen LogP contribution in [0.15, 0.2) is 22.7 Å². The molecule has 1 saturated carbocycles. The Kier molecular flexibility index (Phi) is 5.43. The van der Waals surface area contributed by atoms with E-state index in [-0.39, 0.29) is 18.6 Å². The second kappa shape index (κ2) is 7.09. The minimum Gasteiger partial charge on any atom is -0.483 e. The number of ether oxygens (including phenoxy) is 1. The van der Waals surface area contributed by atoms with E-state index in [9.17, 15) is 4.79 Å². The Morgan fingerprint density at radius 2 is 2.20 bits per heavy atom. The summed E-state index contributed by atoms with van der Waals surface area (Å²) in [6.07, 6.45) is 4.56. The molecular formula is C15H21BrN2O2. The van der Waals surface area contributed by atoms with E-state index in [0.717, 1.165) is 22.9 Å². The first-order valence-electron chi connectivity index (χ1n) is 7.03. The van der Waals surface area contributed by atoms with Gasteiger partial charge in [0, 0.05) is 22.1 Å². The maximum atomic E-state index is 11.9. The fourth-order valence-corrected chi connectivity index (χ4v) is 2.83. The predicted molar refractivity (Wildman–Crippen MR) is 82.6 cm³/mol. The van der Waals surface area contributed by atoms with Crippen LogP contribution in [0.25, 0.3) is 0 Å². The average Bonchev–Trinajstić information content (AvgIpc) is 2.89. The first-order valence-corrected chi connectivity index (χ1v) is 7.83. The molecule has 0 spiro atoms. The fraction of sp³-hybridized carbons (Fsp3) is 0.533. The van der Waals surface area contributed by atoms with Gasteiger partial charge in [-0.2, -0.15) is 0 Å². The largest absolute Gasteiger partial charge is 0.483 e. The van der Waals surface area contributed by atoms with Crippen molar-refractivity contribution >= 4 is 21.8 Å². The first kappa shape index (κ1) is 15.3. The van der Waals surface area contributed by atoms with Crippen molar-refractivity contribution in [3.05, 3.63) is 28.2 Å². The van der Waals surface area contributed by atoms with Crippen molar-refractivity contribution in [2.45, 2.75) is 44.7 Å². The fourth-order valence-electron chi connectivity index (χ4n) is 2.49. The van der Waals surface area contributed by atoms with Gasteiger partial charge in [0.1, 0.15) is 5.75 Å². The normalized spacial score (nSPS) is 16.9. The number of carbonyl (C=O) groups excluding carboxylic acids is 1. The van der Waals surface area contributed by atoms with Crippen LogP contribution in [0.1, 0.15) is 44.2 Å². The van der Waals surface area contributed by atoms with E-state index in [0.29, 0.717) is 11.8 Å². The Morgan fingerprint density at radius 3 is 2.85 bits per heavy atom. The van der Waals surface area contributed by atoms with Gasteiger partial charge < -0.3 is 15.8 Å². The quantitative estimate of drug-likeness (QED) is 0.866. The lowest BCUT2D eigenvalue weighted by molar-refractivity contribution is -0.123. The highest BCUT2D eigenvalue weighted by molar-refractivity contribution is 9.10. The lowest BCUT2D eigenvalue weighted by atomic mass is 10.1. The van der Waals surface area contributed by atoms with Gasteiger partial charge >= 0.3 is 0 Å². The van der Waals surface area contributed by atoms with E-state index in [1.165, 1.54) is 12.8 Å². The third-order valence-corrected chi connectivity index (χ3v) is 4.04. The Morgan fingerprint density at radius 1 is 1.50 bits per heavy atom. The molecule has 4 nitrogen and oxygen atoms in total. The second-order valence-electron chi connectivity index (χ2n) is 5.31. The van der Waals surface area contributed by atoms with E-state index in [2.05, 4.69) is 21.2 Å². The molecule has 1 unspecified atom stereocenters. The summed E-state index contributed by atoms with van der Waals surface area (Å²) in [7, 11) is 0. The summed E-state index contributed by atoms with van der Waals surface area (Å²) >= 11 is 3.40. The third-order valence-electron chi connectivity index (χ3n) is 3.55. The van der Waals surface area contributed by atoms with Crippen LogP contribution in [-0.2, 0) is 4.79 Å².